The van der Waals surface area contributed by atoms with Crippen molar-refractivity contribution in [1.29, 1.82) is 0 Å². The summed E-state index contributed by atoms with van der Waals surface area (Å²) in [7, 11) is 0. The van der Waals surface area contributed by atoms with Crippen molar-refractivity contribution in [3.8, 4) is 0 Å². The van der Waals surface area contributed by atoms with Crippen LogP contribution in [0.5, 0.6) is 0 Å². The van der Waals surface area contributed by atoms with Crippen LogP contribution in [0.3, 0.4) is 0 Å². The molecular weight excluding hydrogens is 350 g/mol. The first-order chi connectivity index (χ1) is 13.9. The van der Waals surface area contributed by atoms with Crippen LogP contribution in [0.15, 0.2) is 0 Å². The minimum Gasteiger partial charge on any atom is -0.328 e. The van der Waals surface area contributed by atoms with Gasteiger partial charge in [0.05, 0.1) is 0 Å². The highest BCUT2D eigenvalue weighted by Crippen LogP contribution is 2.43. The van der Waals surface area contributed by atoms with E-state index >= 15 is 0 Å². The van der Waals surface area contributed by atoms with E-state index in [-0.39, 0.29) is 0 Å². The zero-order chi connectivity index (χ0) is 21.1. The standard InChI is InChI=1S/C28H55N/c1-23-10-6-5-7-13-26(14-8-11-23)19-21-28(4,20-18-25(3)29)22-27-15-9-12-24(2)16-17-27/h23-27H,5-22,29H2,1-4H3/t23?,24?,25-,26?,27?,28?/m0/s1. The second-order valence-corrected chi connectivity index (χ2v) is 12.1. The average Bonchev–Trinajstić information content (AvgIpc) is 2.88. The molecule has 1 nitrogen and oxygen atoms in total. The van der Waals surface area contributed by atoms with Gasteiger partial charge in [0, 0.05) is 6.04 Å². The number of hydrogen-bond donors (Lipinski definition) is 1. The third-order valence-corrected chi connectivity index (χ3v) is 8.64. The average molecular weight is 406 g/mol. The molecule has 2 fully saturated rings. The van der Waals surface area contributed by atoms with Gasteiger partial charge in [-0.3, -0.25) is 0 Å². The van der Waals surface area contributed by atoms with Gasteiger partial charge in [0.2, 0.25) is 0 Å². The van der Waals surface area contributed by atoms with Gasteiger partial charge in [-0.15, -0.1) is 0 Å². The van der Waals surface area contributed by atoms with Crippen LogP contribution in [-0.2, 0) is 0 Å². The summed E-state index contributed by atoms with van der Waals surface area (Å²) >= 11 is 0. The molecule has 0 aromatic carbocycles. The van der Waals surface area contributed by atoms with Crippen LogP contribution >= 0.6 is 0 Å². The molecule has 0 aromatic rings. The molecule has 29 heavy (non-hydrogen) atoms. The van der Waals surface area contributed by atoms with Gasteiger partial charge < -0.3 is 5.73 Å². The SMILES string of the molecule is CC1CCCCCC(CCC(C)(CC[C@H](C)N)CC2CCCC(C)CC2)CCC1. The first-order valence-electron chi connectivity index (χ1n) is 13.6. The Morgan fingerprint density at radius 3 is 2.03 bits per heavy atom. The first-order valence-corrected chi connectivity index (χ1v) is 13.6. The van der Waals surface area contributed by atoms with Gasteiger partial charge in [-0.25, -0.2) is 0 Å². The van der Waals surface area contributed by atoms with E-state index < -0.39 is 0 Å². The number of hydrogen-bond acceptors (Lipinski definition) is 1. The lowest BCUT2D eigenvalue weighted by Crippen LogP contribution is -2.26. The summed E-state index contributed by atoms with van der Waals surface area (Å²) in [6, 6.07) is 0.360. The first kappa shape index (κ1) is 25.2. The molecule has 172 valence electrons. The smallest absolute Gasteiger partial charge is 0.00106 e. The van der Waals surface area contributed by atoms with E-state index in [1.807, 2.05) is 0 Å². The van der Waals surface area contributed by atoms with Crippen LogP contribution in [0, 0.1) is 29.1 Å². The maximum Gasteiger partial charge on any atom is 0.00106 e. The van der Waals surface area contributed by atoms with E-state index in [2.05, 4.69) is 27.7 Å². The monoisotopic (exact) mass is 405 g/mol. The number of nitrogens with two attached hydrogens (primary N) is 1. The van der Waals surface area contributed by atoms with Crippen LogP contribution in [0.1, 0.15) is 143 Å². The Kier molecular flexibility index (Phi) is 11.6. The molecule has 0 spiro atoms. The normalized spacial score (nSPS) is 33.4. The zero-order valence-corrected chi connectivity index (χ0v) is 20.7. The molecule has 2 saturated carbocycles. The van der Waals surface area contributed by atoms with Crippen molar-refractivity contribution < 1.29 is 0 Å². The number of rotatable bonds is 8. The summed E-state index contributed by atoms with van der Waals surface area (Å²) in [5, 5.41) is 0. The quantitative estimate of drug-likeness (QED) is 0.401. The molecule has 0 saturated heterocycles. The summed E-state index contributed by atoms with van der Waals surface area (Å²) in [4.78, 5) is 0. The van der Waals surface area contributed by atoms with Gasteiger partial charge in [-0.05, 0) is 68.1 Å². The molecule has 5 unspecified atom stereocenters. The Morgan fingerprint density at radius 1 is 0.724 bits per heavy atom. The van der Waals surface area contributed by atoms with Crippen molar-refractivity contribution in [2.75, 3.05) is 0 Å². The summed E-state index contributed by atoms with van der Waals surface area (Å²) in [5.74, 6) is 3.88. The van der Waals surface area contributed by atoms with Gasteiger partial charge in [-0.1, -0.05) is 104 Å². The molecule has 6 atom stereocenters. The molecule has 0 heterocycles. The summed E-state index contributed by atoms with van der Waals surface area (Å²) in [6.07, 6.45) is 26.2. The third-order valence-electron chi connectivity index (χ3n) is 8.64. The second-order valence-electron chi connectivity index (χ2n) is 12.1. The van der Waals surface area contributed by atoms with Crippen LogP contribution in [0.4, 0.5) is 0 Å². The fourth-order valence-electron chi connectivity index (χ4n) is 6.36. The third kappa shape index (κ3) is 10.7. The molecule has 2 aliphatic rings. The predicted molar refractivity (Wildman–Crippen MR) is 130 cm³/mol. The van der Waals surface area contributed by atoms with Crippen molar-refractivity contribution in [2.45, 2.75) is 149 Å². The minimum absolute atomic E-state index is 0.360. The fraction of sp³-hybridized carbons (Fsp3) is 1.00. The highest BCUT2D eigenvalue weighted by molar-refractivity contribution is 4.82. The van der Waals surface area contributed by atoms with Gasteiger partial charge in [-0.2, -0.15) is 0 Å². The molecule has 2 rings (SSSR count). The predicted octanol–water partition coefficient (Wildman–Crippen LogP) is 8.89. The van der Waals surface area contributed by atoms with Crippen LogP contribution in [0.25, 0.3) is 0 Å². The maximum atomic E-state index is 6.20. The molecule has 0 bridgehead atoms. The highest BCUT2D eigenvalue weighted by Gasteiger charge is 2.30. The molecular formula is C28H55N. The van der Waals surface area contributed by atoms with Gasteiger partial charge in [0.15, 0.2) is 0 Å². The lowest BCUT2D eigenvalue weighted by Gasteiger charge is -2.36. The van der Waals surface area contributed by atoms with Gasteiger partial charge in [0.25, 0.3) is 0 Å². The molecule has 0 aromatic heterocycles. The Morgan fingerprint density at radius 2 is 1.31 bits per heavy atom. The molecule has 0 aliphatic heterocycles. The zero-order valence-electron chi connectivity index (χ0n) is 20.7. The summed E-state index contributed by atoms with van der Waals surface area (Å²) in [5.41, 5.74) is 6.72. The van der Waals surface area contributed by atoms with Crippen LogP contribution < -0.4 is 5.73 Å². The van der Waals surface area contributed by atoms with E-state index in [4.69, 9.17) is 5.73 Å². The van der Waals surface area contributed by atoms with Crippen molar-refractivity contribution in [3.05, 3.63) is 0 Å². The van der Waals surface area contributed by atoms with E-state index in [0.717, 1.165) is 23.7 Å². The highest BCUT2D eigenvalue weighted by atomic mass is 14.6. The Bertz CT molecular complexity index is 417. The van der Waals surface area contributed by atoms with E-state index in [1.165, 1.54) is 116 Å². The summed E-state index contributed by atoms with van der Waals surface area (Å²) < 4.78 is 0. The van der Waals surface area contributed by atoms with Crippen molar-refractivity contribution >= 4 is 0 Å². The van der Waals surface area contributed by atoms with Crippen molar-refractivity contribution in [2.24, 2.45) is 34.8 Å². The Hall–Kier alpha value is -0.0400. The van der Waals surface area contributed by atoms with Crippen molar-refractivity contribution in [1.82, 2.24) is 0 Å². The van der Waals surface area contributed by atoms with Gasteiger partial charge >= 0.3 is 0 Å². The Balaban J connectivity index is 1.90. The molecule has 1 heteroatoms. The lowest BCUT2D eigenvalue weighted by molar-refractivity contribution is 0.165. The van der Waals surface area contributed by atoms with Crippen LogP contribution in [0.2, 0.25) is 0 Å². The fourth-order valence-corrected chi connectivity index (χ4v) is 6.36. The Labute approximate surface area is 184 Å². The molecule has 2 N–H and O–H groups in total. The van der Waals surface area contributed by atoms with Gasteiger partial charge in [0.1, 0.15) is 0 Å². The molecule has 0 amide bonds. The van der Waals surface area contributed by atoms with E-state index in [1.54, 1.807) is 0 Å². The molecule has 0 radical (unpaired) electrons. The maximum absolute atomic E-state index is 6.20. The molecule has 2 aliphatic carbocycles. The lowest BCUT2D eigenvalue weighted by atomic mass is 9.70. The van der Waals surface area contributed by atoms with Crippen LogP contribution in [-0.4, -0.2) is 6.04 Å². The van der Waals surface area contributed by atoms with Crippen molar-refractivity contribution in [3.63, 3.8) is 0 Å². The summed E-state index contributed by atoms with van der Waals surface area (Å²) in [6.45, 7) is 9.79. The van der Waals surface area contributed by atoms with E-state index in [0.29, 0.717) is 11.5 Å². The second kappa shape index (κ2) is 13.4. The largest absolute Gasteiger partial charge is 0.328 e. The minimum atomic E-state index is 0.360. The topological polar surface area (TPSA) is 26.0 Å². The van der Waals surface area contributed by atoms with E-state index in [9.17, 15) is 0 Å².